The quantitative estimate of drug-likeness (QED) is 0.178. The number of carbonyl (C=O) groups excluding carboxylic acids is 4. The molecule has 2 fully saturated rings. The molecule has 0 saturated carbocycles. The molecule has 4 rings (SSSR count). The topological polar surface area (TPSA) is 175 Å². The molecule has 0 aliphatic carbocycles. The number of nitrogens with zero attached hydrogens (tertiary/aromatic N) is 2. The van der Waals surface area contributed by atoms with E-state index in [2.05, 4.69) is 0 Å². The Hall–Kier alpha value is -3.58. The molecule has 2 aliphatic heterocycles. The van der Waals surface area contributed by atoms with Gasteiger partial charge in [0.2, 0.25) is 23.8 Å². The fraction of sp³-hybridized carbons (Fsp3) is 0.364. The first-order valence-electron chi connectivity index (χ1n) is 10.3. The van der Waals surface area contributed by atoms with Gasteiger partial charge in [-0.3, -0.25) is 9.59 Å². The Morgan fingerprint density at radius 3 is 1.26 bits per heavy atom. The molecule has 12 nitrogen and oxygen atoms in total. The molecule has 0 spiro atoms. The van der Waals surface area contributed by atoms with Gasteiger partial charge in [0.05, 0.1) is 0 Å². The summed E-state index contributed by atoms with van der Waals surface area (Å²) in [4.78, 5) is 46.1. The Labute approximate surface area is 192 Å². The number of cyclic esters (lactones) is 2. The van der Waals surface area contributed by atoms with E-state index >= 15 is 0 Å². The van der Waals surface area contributed by atoms with Crippen LogP contribution in [-0.4, -0.2) is 80.6 Å². The first kappa shape index (κ1) is 23.6. The van der Waals surface area contributed by atoms with Gasteiger partial charge < -0.3 is 29.9 Å². The Bertz CT molecular complexity index is 1030. The average Bonchev–Trinajstić information content (AvgIpc) is 3.24. The molecule has 178 valence electrons. The number of aromatic nitrogens is 2. The zero-order valence-corrected chi connectivity index (χ0v) is 17.6. The zero-order valence-electron chi connectivity index (χ0n) is 17.6. The summed E-state index contributed by atoms with van der Waals surface area (Å²) in [5.74, 6) is -3.89. The second-order valence-corrected chi connectivity index (χ2v) is 8.03. The van der Waals surface area contributed by atoms with Crippen molar-refractivity contribution in [1.82, 2.24) is 0 Å². The van der Waals surface area contributed by atoms with E-state index in [-0.39, 0.29) is 13.1 Å². The van der Waals surface area contributed by atoms with Gasteiger partial charge in [-0.05, 0) is 11.1 Å². The molecular formula is C22H22N2O10+2. The second-order valence-electron chi connectivity index (χ2n) is 8.03. The van der Waals surface area contributed by atoms with E-state index in [1.807, 2.05) is 0 Å². The minimum absolute atomic E-state index is 0.0392. The molecule has 0 aromatic carbocycles. The van der Waals surface area contributed by atoms with Gasteiger partial charge in [0.25, 0.3) is 0 Å². The first-order valence-corrected chi connectivity index (χ1v) is 10.3. The van der Waals surface area contributed by atoms with Crippen molar-refractivity contribution in [2.45, 2.75) is 49.7 Å². The van der Waals surface area contributed by atoms with Crippen molar-refractivity contribution in [2.24, 2.45) is 0 Å². The first-order chi connectivity index (χ1) is 16.2. The maximum absolute atomic E-state index is 11.8. The number of aliphatic hydroxyl groups is 4. The summed E-state index contributed by atoms with van der Waals surface area (Å²) in [7, 11) is 0. The Kier molecular flexibility index (Phi) is 6.48. The Morgan fingerprint density at radius 1 is 0.676 bits per heavy atom. The number of pyridine rings is 2. The highest BCUT2D eigenvalue weighted by molar-refractivity contribution is 6.09. The summed E-state index contributed by atoms with van der Waals surface area (Å²) < 4.78 is 12.6. The molecule has 2 aliphatic rings. The van der Waals surface area contributed by atoms with Crippen LogP contribution in [0.15, 0.2) is 49.1 Å². The Morgan fingerprint density at radius 2 is 1.00 bits per heavy atom. The summed E-state index contributed by atoms with van der Waals surface area (Å²) in [5.41, 5.74) is 1.64. The molecule has 34 heavy (non-hydrogen) atoms. The van der Waals surface area contributed by atoms with Crippen molar-refractivity contribution in [3.05, 3.63) is 49.1 Å². The van der Waals surface area contributed by atoms with Gasteiger partial charge in [0.1, 0.15) is 0 Å². The smallest absolute Gasteiger partial charge is 0.343 e. The lowest BCUT2D eigenvalue weighted by Gasteiger charge is -2.13. The zero-order chi connectivity index (χ0) is 24.6. The lowest BCUT2D eigenvalue weighted by atomic mass is 10.1. The fourth-order valence-corrected chi connectivity index (χ4v) is 3.74. The molecule has 6 unspecified atom stereocenters. The summed E-state index contributed by atoms with van der Waals surface area (Å²) in [6, 6.07) is 7.04. The van der Waals surface area contributed by atoms with Crippen LogP contribution in [0.4, 0.5) is 0 Å². The van der Waals surface area contributed by atoms with E-state index in [4.69, 9.17) is 9.47 Å². The van der Waals surface area contributed by atoms with Gasteiger partial charge >= 0.3 is 11.9 Å². The van der Waals surface area contributed by atoms with Crippen LogP contribution in [0.25, 0.3) is 11.1 Å². The van der Waals surface area contributed by atoms with E-state index < -0.39 is 60.1 Å². The third-order valence-electron chi connectivity index (χ3n) is 5.64. The predicted molar refractivity (Wildman–Crippen MR) is 106 cm³/mol. The molecule has 2 aromatic rings. The third kappa shape index (κ3) is 4.56. The van der Waals surface area contributed by atoms with Gasteiger partial charge in [-0.1, -0.05) is 0 Å². The van der Waals surface area contributed by atoms with Crippen molar-refractivity contribution < 1.29 is 58.2 Å². The molecule has 2 aromatic heterocycles. The monoisotopic (exact) mass is 474 g/mol. The normalized spacial score (nSPS) is 26.4. The number of ether oxygens (including phenoxy) is 2. The van der Waals surface area contributed by atoms with E-state index in [0.717, 1.165) is 11.1 Å². The summed E-state index contributed by atoms with van der Waals surface area (Å²) in [5, 5.41) is 39.1. The van der Waals surface area contributed by atoms with Gasteiger partial charge in [-0.25, -0.2) is 18.7 Å². The maximum atomic E-state index is 11.8. The number of Topliss-reactive ketones (excluding diaryl/α,β-unsaturated/α-hetero) is 2. The number of hydrogen-bond acceptors (Lipinski definition) is 10. The standard InChI is InChI=1S/C22H22N2O10/c25-13(19-15(27)17(29)21(31)33-19)9-23-5-1-11(2-6-23)12-3-7-24(8-4-12)10-14(26)20-16(28)18(30)22(32)34-20/h1-8,13-14,17-20,25-26,29-30H,9-10H2/q+2. The molecule has 0 bridgehead atoms. The molecule has 0 amide bonds. The minimum Gasteiger partial charge on any atom is -0.449 e. The number of esters is 2. The van der Waals surface area contributed by atoms with E-state index in [9.17, 15) is 39.6 Å². The summed E-state index contributed by atoms with van der Waals surface area (Å²) in [6.45, 7) is -0.0783. The minimum atomic E-state index is -1.87. The largest absolute Gasteiger partial charge is 0.449 e. The lowest BCUT2D eigenvalue weighted by molar-refractivity contribution is -0.704. The molecule has 6 atom stereocenters. The van der Waals surface area contributed by atoms with Crippen LogP contribution in [0.1, 0.15) is 0 Å². The van der Waals surface area contributed by atoms with Crippen LogP contribution in [0.5, 0.6) is 0 Å². The molecule has 12 heteroatoms. The number of aliphatic hydroxyl groups excluding tert-OH is 4. The van der Waals surface area contributed by atoms with Gasteiger partial charge in [0, 0.05) is 24.3 Å². The second kappa shape index (κ2) is 9.35. The van der Waals surface area contributed by atoms with Crippen molar-refractivity contribution >= 4 is 23.5 Å². The van der Waals surface area contributed by atoms with Gasteiger partial charge in [-0.15, -0.1) is 0 Å². The van der Waals surface area contributed by atoms with Crippen molar-refractivity contribution in [1.29, 1.82) is 0 Å². The van der Waals surface area contributed by atoms with Crippen LogP contribution in [0.2, 0.25) is 0 Å². The third-order valence-corrected chi connectivity index (χ3v) is 5.64. The van der Waals surface area contributed by atoms with Crippen LogP contribution < -0.4 is 9.13 Å². The number of rotatable bonds is 7. The molecule has 0 radical (unpaired) electrons. The van der Waals surface area contributed by atoms with Crippen molar-refractivity contribution in [3.8, 4) is 11.1 Å². The van der Waals surface area contributed by atoms with Crippen molar-refractivity contribution in [3.63, 3.8) is 0 Å². The van der Waals surface area contributed by atoms with Gasteiger partial charge in [0.15, 0.2) is 62.3 Å². The number of hydrogen-bond donors (Lipinski definition) is 4. The number of ketones is 2. The van der Waals surface area contributed by atoms with Gasteiger partial charge in [-0.2, -0.15) is 0 Å². The molecular weight excluding hydrogens is 452 g/mol. The van der Waals surface area contributed by atoms with Crippen LogP contribution in [0.3, 0.4) is 0 Å². The highest BCUT2D eigenvalue weighted by atomic mass is 16.6. The SMILES string of the molecule is O=C1OC(C(O)C[n+]2ccc(-c3cc[n+](CC(O)C4OC(=O)C(O)C4=O)cc3)cc2)C(=O)C1O. The lowest BCUT2D eigenvalue weighted by Crippen LogP contribution is -2.46. The molecule has 2 saturated heterocycles. The Balaban J connectivity index is 1.36. The van der Waals surface area contributed by atoms with E-state index in [0.29, 0.717) is 0 Å². The highest BCUT2D eigenvalue weighted by Crippen LogP contribution is 2.18. The van der Waals surface area contributed by atoms with Crippen LogP contribution >= 0.6 is 0 Å². The maximum Gasteiger partial charge on any atom is 0.343 e. The van der Waals surface area contributed by atoms with Crippen LogP contribution in [0, 0.1) is 0 Å². The fourth-order valence-electron chi connectivity index (χ4n) is 3.74. The average molecular weight is 474 g/mol. The summed E-state index contributed by atoms with van der Waals surface area (Å²) >= 11 is 0. The highest BCUT2D eigenvalue weighted by Gasteiger charge is 2.48. The number of carbonyl (C=O) groups is 4. The van der Waals surface area contributed by atoms with Crippen LogP contribution in [-0.2, 0) is 41.7 Å². The van der Waals surface area contributed by atoms with E-state index in [1.165, 1.54) is 0 Å². The van der Waals surface area contributed by atoms with E-state index in [1.54, 1.807) is 58.2 Å². The predicted octanol–water partition coefficient (Wildman–Crippen LogP) is -3.64. The summed E-state index contributed by atoms with van der Waals surface area (Å²) in [6.07, 6.45) is -2.57. The molecule has 4 heterocycles. The molecule has 4 N–H and O–H groups in total. The van der Waals surface area contributed by atoms with Crippen molar-refractivity contribution in [2.75, 3.05) is 0 Å².